The van der Waals surface area contributed by atoms with Crippen LogP contribution < -0.4 is 4.74 Å². The van der Waals surface area contributed by atoms with Crippen molar-refractivity contribution >= 4 is 0 Å². The Labute approximate surface area is 81.9 Å². The Morgan fingerprint density at radius 2 is 2.36 bits per heavy atom. The number of hydrogen-bond donors (Lipinski definition) is 1. The van der Waals surface area contributed by atoms with Crippen LogP contribution in [-0.2, 0) is 6.42 Å². The summed E-state index contributed by atoms with van der Waals surface area (Å²) in [5.74, 6) is 1.27. The molecule has 4 nitrogen and oxygen atoms in total. The predicted octanol–water partition coefficient (Wildman–Crippen LogP) is 2.16. The van der Waals surface area contributed by atoms with E-state index in [1.54, 1.807) is 6.20 Å². The predicted molar refractivity (Wildman–Crippen MR) is 52.3 cm³/mol. The van der Waals surface area contributed by atoms with Gasteiger partial charge in [-0.3, -0.25) is 0 Å². The average molecular weight is 189 g/mol. The molecule has 0 bridgehead atoms. The third-order valence-corrected chi connectivity index (χ3v) is 1.92. The zero-order valence-corrected chi connectivity index (χ0v) is 7.90. The monoisotopic (exact) mass is 189 g/mol. The van der Waals surface area contributed by atoms with Gasteiger partial charge in [0, 0.05) is 0 Å². The van der Waals surface area contributed by atoms with Gasteiger partial charge in [-0.05, 0) is 24.1 Å². The second-order valence-electron chi connectivity index (χ2n) is 2.91. The highest BCUT2D eigenvalue weighted by atomic mass is 16.5. The molecule has 0 amide bonds. The van der Waals surface area contributed by atoms with Crippen LogP contribution in [0.1, 0.15) is 12.5 Å². The Bertz CT molecular complexity index is 398. The van der Waals surface area contributed by atoms with Crippen molar-refractivity contribution in [3.63, 3.8) is 0 Å². The van der Waals surface area contributed by atoms with E-state index in [-0.39, 0.29) is 0 Å². The maximum absolute atomic E-state index is 5.46. The van der Waals surface area contributed by atoms with Gasteiger partial charge in [0.05, 0.1) is 0 Å². The topological polar surface area (TPSA) is 50.8 Å². The molecule has 14 heavy (non-hydrogen) atoms. The fraction of sp³-hybridized carbons (Fsp3) is 0.200. The Hall–Kier alpha value is -1.84. The van der Waals surface area contributed by atoms with Gasteiger partial charge in [0.25, 0.3) is 5.88 Å². The van der Waals surface area contributed by atoms with E-state index in [4.69, 9.17) is 4.74 Å². The smallest absolute Gasteiger partial charge is 0.258 e. The van der Waals surface area contributed by atoms with Gasteiger partial charge < -0.3 is 4.74 Å². The number of H-pyrrole nitrogens is 1. The lowest BCUT2D eigenvalue weighted by Crippen LogP contribution is -1.86. The van der Waals surface area contributed by atoms with Gasteiger partial charge in [-0.2, -0.15) is 10.3 Å². The Kier molecular flexibility index (Phi) is 2.44. The zero-order chi connectivity index (χ0) is 9.80. The molecule has 1 heterocycles. The highest BCUT2D eigenvalue weighted by molar-refractivity contribution is 5.30. The lowest BCUT2D eigenvalue weighted by Gasteiger charge is -2.02. The standard InChI is InChI=1S/C10H11N3O/c1-2-8-4-3-5-9(6-8)14-10-7-11-13-12-10/h3-7H,2H2,1H3,(H,11,12,13). The first-order chi connectivity index (χ1) is 6.88. The summed E-state index contributed by atoms with van der Waals surface area (Å²) in [4.78, 5) is 0. The average Bonchev–Trinajstić information content (AvgIpc) is 2.71. The molecule has 2 aromatic rings. The molecule has 0 aliphatic rings. The third-order valence-electron chi connectivity index (χ3n) is 1.92. The summed E-state index contributed by atoms with van der Waals surface area (Å²) in [6.07, 6.45) is 2.54. The number of benzene rings is 1. The Morgan fingerprint density at radius 3 is 3.07 bits per heavy atom. The third kappa shape index (κ3) is 1.90. The number of aromatic amines is 1. The summed E-state index contributed by atoms with van der Waals surface area (Å²) in [6, 6.07) is 7.92. The van der Waals surface area contributed by atoms with Gasteiger partial charge in [0.2, 0.25) is 0 Å². The normalized spacial score (nSPS) is 10.1. The zero-order valence-electron chi connectivity index (χ0n) is 7.90. The van der Waals surface area contributed by atoms with Crippen LogP contribution in [-0.4, -0.2) is 15.4 Å². The van der Waals surface area contributed by atoms with E-state index in [2.05, 4.69) is 28.4 Å². The van der Waals surface area contributed by atoms with Gasteiger partial charge in [-0.25, -0.2) is 0 Å². The van der Waals surface area contributed by atoms with Crippen molar-refractivity contribution in [1.82, 2.24) is 15.4 Å². The maximum Gasteiger partial charge on any atom is 0.258 e. The number of aryl methyl sites for hydroxylation is 1. The number of aromatic nitrogens is 3. The first-order valence-corrected chi connectivity index (χ1v) is 4.51. The Balaban J connectivity index is 2.17. The molecule has 1 aromatic heterocycles. The molecule has 0 atom stereocenters. The van der Waals surface area contributed by atoms with Crippen LogP contribution in [0.15, 0.2) is 30.5 Å². The number of rotatable bonds is 3. The van der Waals surface area contributed by atoms with E-state index in [1.807, 2.05) is 18.2 Å². The molecule has 1 aromatic carbocycles. The van der Waals surface area contributed by atoms with Crippen LogP contribution in [0.3, 0.4) is 0 Å². The van der Waals surface area contributed by atoms with Crippen LogP contribution in [0, 0.1) is 0 Å². The van der Waals surface area contributed by atoms with E-state index >= 15 is 0 Å². The first-order valence-electron chi connectivity index (χ1n) is 4.51. The number of nitrogens with zero attached hydrogens (tertiary/aromatic N) is 2. The summed E-state index contributed by atoms with van der Waals surface area (Å²) in [5.41, 5.74) is 1.24. The number of nitrogens with one attached hydrogen (secondary N) is 1. The van der Waals surface area contributed by atoms with Gasteiger partial charge >= 0.3 is 0 Å². The van der Waals surface area contributed by atoms with E-state index in [0.29, 0.717) is 5.88 Å². The summed E-state index contributed by atoms with van der Waals surface area (Å²) >= 11 is 0. The molecule has 0 saturated carbocycles. The number of hydrogen-bond acceptors (Lipinski definition) is 3. The van der Waals surface area contributed by atoms with Crippen molar-refractivity contribution < 1.29 is 4.74 Å². The van der Waals surface area contributed by atoms with Crippen molar-refractivity contribution in [1.29, 1.82) is 0 Å². The minimum Gasteiger partial charge on any atom is -0.436 e. The molecule has 0 radical (unpaired) electrons. The highest BCUT2D eigenvalue weighted by Crippen LogP contribution is 2.19. The molecule has 0 fully saturated rings. The molecule has 0 unspecified atom stereocenters. The first kappa shape index (κ1) is 8.74. The largest absolute Gasteiger partial charge is 0.436 e. The molecule has 0 saturated heterocycles. The highest BCUT2D eigenvalue weighted by Gasteiger charge is 1.99. The minimum atomic E-state index is 0.484. The van der Waals surface area contributed by atoms with Gasteiger partial charge in [0.15, 0.2) is 0 Å². The molecule has 0 aliphatic heterocycles. The molecule has 2 rings (SSSR count). The van der Waals surface area contributed by atoms with E-state index in [0.717, 1.165) is 12.2 Å². The van der Waals surface area contributed by atoms with Crippen molar-refractivity contribution in [3.05, 3.63) is 36.0 Å². The van der Waals surface area contributed by atoms with Crippen LogP contribution in [0.2, 0.25) is 0 Å². The number of ether oxygens (including phenoxy) is 1. The fourth-order valence-corrected chi connectivity index (χ4v) is 1.19. The van der Waals surface area contributed by atoms with Crippen molar-refractivity contribution in [2.24, 2.45) is 0 Å². The second-order valence-corrected chi connectivity index (χ2v) is 2.91. The lowest BCUT2D eigenvalue weighted by atomic mass is 10.2. The van der Waals surface area contributed by atoms with Crippen LogP contribution in [0.4, 0.5) is 0 Å². The van der Waals surface area contributed by atoms with Crippen molar-refractivity contribution in [2.75, 3.05) is 0 Å². The fourth-order valence-electron chi connectivity index (χ4n) is 1.19. The second kappa shape index (κ2) is 3.91. The maximum atomic E-state index is 5.46. The van der Waals surface area contributed by atoms with Gasteiger partial charge in [-0.1, -0.05) is 19.1 Å². The van der Waals surface area contributed by atoms with Crippen LogP contribution in [0.5, 0.6) is 11.6 Å². The molecule has 1 N–H and O–H groups in total. The van der Waals surface area contributed by atoms with E-state index in [9.17, 15) is 0 Å². The quantitative estimate of drug-likeness (QED) is 0.804. The van der Waals surface area contributed by atoms with E-state index in [1.165, 1.54) is 5.56 Å². The molecule has 4 heteroatoms. The minimum absolute atomic E-state index is 0.484. The summed E-state index contributed by atoms with van der Waals surface area (Å²) in [7, 11) is 0. The summed E-state index contributed by atoms with van der Waals surface area (Å²) < 4.78 is 5.46. The van der Waals surface area contributed by atoms with Crippen LogP contribution >= 0.6 is 0 Å². The SMILES string of the molecule is CCc1cccc(Oc2cn[nH]n2)c1. The molecule has 0 spiro atoms. The molecule has 72 valence electrons. The molecular weight excluding hydrogens is 178 g/mol. The Morgan fingerprint density at radius 1 is 1.43 bits per heavy atom. The van der Waals surface area contributed by atoms with E-state index < -0.39 is 0 Å². The van der Waals surface area contributed by atoms with Crippen LogP contribution in [0.25, 0.3) is 0 Å². The lowest BCUT2D eigenvalue weighted by molar-refractivity contribution is 0.461. The summed E-state index contributed by atoms with van der Waals surface area (Å²) in [6.45, 7) is 2.11. The van der Waals surface area contributed by atoms with Crippen molar-refractivity contribution in [2.45, 2.75) is 13.3 Å². The van der Waals surface area contributed by atoms with Crippen molar-refractivity contribution in [3.8, 4) is 11.6 Å². The van der Waals surface area contributed by atoms with Gasteiger partial charge in [-0.15, -0.1) is 5.10 Å². The molecular formula is C10H11N3O. The molecule has 0 aliphatic carbocycles. The summed E-state index contributed by atoms with van der Waals surface area (Å²) in [5, 5.41) is 9.96. The van der Waals surface area contributed by atoms with Gasteiger partial charge in [0.1, 0.15) is 11.9 Å².